The molecule has 0 amide bonds. The number of benzene rings is 3. The van der Waals surface area contributed by atoms with Crippen molar-refractivity contribution in [3.8, 4) is 17.0 Å². The zero-order valence-electron chi connectivity index (χ0n) is 19.2. The van der Waals surface area contributed by atoms with Crippen molar-refractivity contribution in [1.82, 2.24) is 9.55 Å². The van der Waals surface area contributed by atoms with Gasteiger partial charge in [-0.25, -0.2) is 9.78 Å². The van der Waals surface area contributed by atoms with E-state index >= 15 is 0 Å². The Morgan fingerprint density at radius 2 is 1.79 bits per heavy atom. The van der Waals surface area contributed by atoms with Crippen molar-refractivity contribution in [3.63, 3.8) is 0 Å². The number of aromatic nitrogens is 2. The van der Waals surface area contributed by atoms with Crippen LogP contribution < -0.4 is 15.8 Å². The molecule has 1 aliphatic heterocycles. The predicted octanol–water partition coefficient (Wildman–Crippen LogP) is 5.05. The molecule has 2 heterocycles. The second-order valence-electron chi connectivity index (χ2n) is 8.52. The van der Waals surface area contributed by atoms with E-state index < -0.39 is 0 Å². The van der Waals surface area contributed by atoms with E-state index in [1.54, 1.807) is 6.33 Å². The number of nitrogens with one attached hydrogen (secondary N) is 1. The molecule has 1 aliphatic rings. The summed E-state index contributed by atoms with van der Waals surface area (Å²) >= 11 is 0. The van der Waals surface area contributed by atoms with Gasteiger partial charge in [0.15, 0.2) is 0 Å². The van der Waals surface area contributed by atoms with Crippen LogP contribution in [0.2, 0.25) is 0 Å². The van der Waals surface area contributed by atoms with Gasteiger partial charge in [0.1, 0.15) is 5.75 Å². The summed E-state index contributed by atoms with van der Waals surface area (Å²) in [6, 6.07) is 23.7. The first kappa shape index (κ1) is 21.7. The molecule has 6 nitrogen and oxygen atoms in total. The summed E-state index contributed by atoms with van der Waals surface area (Å²) in [7, 11) is 1.95. The third-order valence-corrected chi connectivity index (χ3v) is 6.09. The lowest BCUT2D eigenvalue weighted by Crippen LogP contribution is -2.10. The number of hydrogen-bond donors (Lipinski definition) is 2. The Morgan fingerprint density at radius 3 is 2.47 bits per heavy atom. The first-order valence-corrected chi connectivity index (χ1v) is 11.2. The summed E-state index contributed by atoms with van der Waals surface area (Å²) in [4.78, 5) is 17.4. The highest BCUT2D eigenvalue weighted by molar-refractivity contribution is 6.29. The van der Waals surface area contributed by atoms with Crippen molar-refractivity contribution in [2.75, 3.05) is 11.9 Å². The number of nitrogens with two attached hydrogens (primary N) is 1. The SMILES string of the molecule is CC(CN)c1ccc(C(Nc2ccc(-c3cn(C)cn3)cc2)=C2C(=O)Oc3ccccc32)cc1. The molecular weight excluding hydrogens is 424 g/mol. The van der Waals surface area contributed by atoms with Crippen molar-refractivity contribution in [1.29, 1.82) is 0 Å². The van der Waals surface area contributed by atoms with E-state index in [4.69, 9.17) is 10.5 Å². The molecular formula is C28H26N4O2. The summed E-state index contributed by atoms with van der Waals surface area (Å²) in [6.45, 7) is 2.67. The Morgan fingerprint density at radius 1 is 1.06 bits per heavy atom. The Bertz CT molecular complexity index is 1370. The average Bonchev–Trinajstić information content (AvgIpc) is 3.45. The van der Waals surface area contributed by atoms with Gasteiger partial charge in [0, 0.05) is 30.1 Å². The van der Waals surface area contributed by atoms with E-state index in [1.165, 1.54) is 0 Å². The van der Waals surface area contributed by atoms with Crippen LogP contribution in [0.5, 0.6) is 5.75 Å². The maximum absolute atomic E-state index is 13.0. The summed E-state index contributed by atoms with van der Waals surface area (Å²) < 4.78 is 7.47. The summed E-state index contributed by atoms with van der Waals surface area (Å²) in [5.74, 6) is 0.461. The van der Waals surface area contributed by atoms with Gasteiger partial charge in [-0.2, -0.15) is 0 Å². The minimum Gasteiger partial charge on any atom is -0.422 e. The largest absolute Gasteiger partial charge is 0.422 e. The Labute approximate surface area is 198 Å². The zero-order chi connectivity index (χ0) is 23.7. The first-order valence-electron chi connectivity index (χ1n) is 11.2. The molecule has 0 saturated heterocycles. The van der Waals surface area contributed by atoms with Gasteiger partial charge in [0.25, 0.3) is 0 Å². The number of ether oxygens (including phenoxy) is 1. The minimum atomic E-state index is -0.367. The molecule has 6 heteroatoms. The van der Waals surface area contributed by atoms with Gasteiger partial charge in [-0.1, -0.05) is 61.5 Å². The average molecular weight is 451 g/mol. The van der Waals surface area contributed by atoms with E-state index in [0.717, 1.165) is 33.6 Å². The van der Waals surface area contributed by atoms with Gasteiger partial charge >= 0.3 is 5.97 Å². The van der Waals surface area contributed by atoms with Crippen LogP contribution in [-0.4, -0.2) is 22.1 Å². The van der Waals surface area contributed by atoms with Crippen molar-refractivity contribution >= 4 is 22.9 Å². The molecule has 0 fully saturated rings. The monoisotopic (exact) mass is 450 g/mol. The van der Waals surface area contributed by atoms with Crippen molar-refractivity contribution in [2.45, 2.75) is 12.8 Å². The molecule has 34 heavy (non-hydrogen) atoms. The smallest absolute Gasteiger partial charge is 0.346 e. The summed E-state index contributed by atoms with van der Waals surface area (Å²) in [6.07, 6.45) is 3.76. The van der Waals surface area contributed by atoms with Crippen LogP contribution in [0.25, 0.3) is 22.5 Å². The number of para-hydroxylation sites is 1. The van der Waals surface area contributed by atoms with Gasteiger partial charge in [0.2, 0.25) is 0 Å². The van der Waals surface area contributed by atoms with Gasteiger partial charge < -0.3 is 20.4 Å². The van der Waals surface area contributed by atoms with Crippen LogP contribution in [0.3, 0.4) is 0 Å². The highest BCUT2D eigenvalue weighted by atomic mass is 16.5. The lowest BCUT2D eigenvalue weighted by Gasteiger charge is -2.16. The van der Waals surface area contributed by atoms with Gasteiger partial charge in [-0.3, -0.25) is 0 Å². The van der Waals surface area contributed by atoms with Crippen molar-refractivity contribution in [2.24, 2.45) is 12.8 Å². The molecule has 1 atom stereocenters. The van der Waals surface area contributed by atoms with Gasteiger partial charge in [0.05, 0.1) is 23.3 Å². The lowest BCUT2D eigenvalue weighted by molar-refractivity contribution is -0.126. The first-order chi connectivity index (χ1) is 16.5. The van der Waals surface area contributed by atoms with Crippen molar-refractivity contribution < 1.29 is 9.53 Å². The fourth-order valence-corrected chi connectivity index (χ4v) is 4.08. The number of hydrogen-bond acceptors (Lipinski definition) is 5. The number of nitrogens with zero attached hydrogens (tertiary/aromatic N) is 2. The third kappa shape index (κ3) is 4.11. The summed E-state index contributed by atoms with van der Waals surface area (Å²) in [5.41, 5.74) is 12.7. The molecule has 0 aliphatic carbocycles. The third-order valence-electron chi connectivity index (χ3n) is 6.09. The highest BCUT2D eigenvalue weighted by Crippen LogP contribution is 2.39. The van der Waals surface area contributed by atoms with Crippen LogP contribution in [0.4, 0.5) is 5.69 Å². The second kappa shape index (κ2) is 9.00. The molecule has 4 aromatic rings. The molecule has 1 unspecified atom stereocenters. The topological polar surface area (TPSA) is 82.2 Å². The predicted molar refractivity (Wildman–Crippen MR) is 135 cm³/mol. The maximum Gasteiger partial charge on any atom is 0.346 e. The highest BCUT2D eigenvalue weighted by Gasteiger charge is 2.30. The van der Waals surface area contributed by atoms with E-state index in [0.29, 0.717) is 23.6 Å². The molecule has 0 spiro atoms. The number of esters is 1. The number of carbonyl (C=O) groups is 1. The van der Waals surface area contributed by atoms with Gasteiger partial charge in [-0.05, 0) is 41.8 Å². The van der Waals surface area contributed by atoms with Crippen LogP contribution in [0.15, 0.2) is 85.3 Å². The minimum absolute atomic E-state index is 0.259. The van der Waals surface area contributed by atoms with Crippen LogP contribution in [0.1, 0.15) is 29.5 Å². The Kier molecular flexibility index (Phi) is 5.74. The van der Waals surface area contributed by atoms with E-state index in [-0.39, 0.29) is 11.9 Å². The van der Waals surface area contributed by atoms with Crippen LogP contribution >= 0.6 is 0 Å². The van der Waals surface area contributed by atoms with E-state index in [2.05, 4.69) is 29.4 Å². The summed E-state index contributed by atoms with van der Waals surface area (Å²) in [5, 5.41) is 3.48. The number of anilines is 1. The number of rotatable bonds is 6. The zero-order valence-corrected chi connectivity index (χ0v) is 19.2. The number of aryl methyl sites for hydroxylation is 1. The molecule has 1 aromatic heterocycles. The van der Waals surface area contributed by atoms with Crippen LogP contribution in [0, 0.1) is 0 Å². The molecule has 0 radical (unpaired) electrons. The molecule has 5 rings (SSSR count). The number of carbonyl (C=O) groups excluding carboxylic acids is 1. The molecule has 0 bridgehead atoms. The van der Waals surface area contributed by atoms with Crippen LogP contribution in [-0.2, 0) is 11.8 Å². The maximum atomic E-state index is 13.0. The molecule has 0 saturated carbocycles. The van der Waals surface area contributed by atoms with Crippen molar-refractivity contribution in [3.05, 3.63) is 102 Å². The number of imidazole rings is 1. The Balaban J connectivity index is 1.56. The fraction of sp³-hybridized carbons (Fsp3) is 0.143. The standard InChI is InChI=1S/C28H26N4O2/c1-18(15-29)19-7-9-21(10-8-19)27(26-23-5-3-4-6-25(23)34-28(26)33)31-22-13-11-20(12-14-22)24-16-32(2)17-30-24/h3-14,16-18,31H,15,29H2,1-2H3. The molecule has 170 valence electrons. The second-order valence-corrected chi connectivity index (χ2v) is 8.52. The lowest BCUT2D eigenvalue weighted by atomic mass is 9.96. The molecule has 3 N–H and O–H groups in total. The number of fused-ring (bicyclic) bond motifs is 1. The Hall–Kier alpha value is -4.16. The fourth-order valence-electron chi connectivity index (χ4n) is 4.08. The molecule has 3 aromatic carbocycles. The quantitative estimate of drug-likeness (QED) is 0.244. The van der Waals surface area contributed by atoms with E-state index in [9.17, 15) is 4.79 Å². The van der Waals surface area contributed by atoms with E-state index in [1.807, 2.05) is 78.5 Å². The normalized spacial score (nSPS) is 15.0. The van der Waals surface area contributed by atoms with Gasteiger partial charge in [-0.15, -0.1) is 0 Å².